The Bertz CT molecular complexity index is 806. The van der Waals surface area contributed by atoms with Crippen LogP contribution < -0.4 is 20.3 Å². The van der Waals surface area contributed by atoms with Gasteiger partial charge in [0.2, 0.25) is 5.91 Å². The van der Waals surface area contributed by atoms with E-state index in [0.717, 1.165) is 0 Å². The van der Waals surface area contributed by atoms with Crippen molar-refractivity contribution in [3.63, 3.8) is 0 Å². The number of nitrogens with one attached hydrogen (secondary N) is 2. The molecule has 25 heavy (non-hydrogen) atoms. The van der Waals surface area contributed by atoms with E-state index in [2.05, 4.69) is 10.9 Å². The topological polar surface area (TPSA) is 76.7 Å². The van der Waals surface area contributed by atoms with E-state index < -0.39 is 11.8 Å². The highest BCUT2D eigenvalue weighted by atomic mass is 35.5. The molecular weight excluding hydrogens is 367 g/mol. The lowest BCUT2D eigenvalue weighted by Crippen LogP contribution is -2.42. The molecule has 6 nitrogen and oxygen atoms in total. The summed E-state index contributed by atoms with van der Waals surface area (Å²) in [6.45, 7) is 0.895. The van der Waals surface area contributed by atoms with Crippen LogP contribution in [-0.4, -0.2) is 25.0 Å². The molecule has 2 aromatic carbocycles. The summed E-state index contributed by atoms with van der Waals surface area (Å²) in [5.41, 5.74) is 5.51. The van der Waals surface area contributed by atoms with E-state index in [1.54, 1.807) is 36.4 Å². The lowest BCUT2D eigenvalue weighted by molar-refractivity contribution is -0.121. The molecule has 2 amide bonds. The molecule has 0 saturated carbocycles. The minimum Gasteiger partial charge on any atom is -0.486 e. The molecule has 0 unspecified atom stereocenters. The average Bonchev–Trinajstić information content (AvgIpc) is 2.62. The number of hydrogen-bond acceptors (Lipinski definition) is 4. The Balaban J connectivity index is 1.59. The molecule has 3 rings (SSSR count). The van der Waals surface area contributed by atoms with Crippen molar-refractivity contribution >= 4 is 35.0 Å². The molecule has 0 bridgehead atoms. The predicted molar refractivity (Wildman–Crippen MR) is 93.2 cm³/mol. The van der Waals surface area contributed by atoms with Gasteiger partial charge in [0, 0.05) is 15.6 Å². The zero-order chi connectivity index (χ0) is 17.8. The number of amides is 2. The SMILES string of the molecule is O=C(Cc1c(Cl)cccc1Cl)NNC(=O)c1ccc2c(c1)OCCO2. The number of fused-ring (bicyclic) bond motifs is 1. The van der Waals surface area contributed by atoms with Gasteiger partial charge in [-0.3, -0.25) is 20.4 Å². The maximum atomic E-state index is 12.1. The van der Waals surface area contributed by atoms with Crippen LogP contribution in [0.1, 0.15) is 15.9 Å². The molecule has 2 aromatic rings. The van der Waals surface area contributed by atoms with Crippen LogP contribution in [0.2, 0.25) is 10.0 Å². The Morgan fingerprint density at radius 1 is 0.960 bits per heavy atom. The van der Waals surface area contributed by atoms with Gasteiger partial charge >= 0.3 is 0 Å². The summed E-state index contributed by atoms with van der Waals surface area (Å²) >= 11 is 12.0. The number of rotatable bonds is 3. The average molecular weight is 381 g/mol. The van der Waals surface area contributed by atoms with Gasteiger partial charge in [-0.05, 0) is 35.9 Å². The Labute approximate surface area is 154 Å². The highest BCUT2D eigenvalue weighted by Crippen LogP contribution is 2.30. The van der Waals surface area contributed by atoms with Crippen LogP contribution in [0.5, 0.6) is 11.5 Å². The first-order chi connectivity index (χ1) is 12.0. The first-order valence-corrected chi connectivity index (χ1v) is 8.22. The molecule has 0 spiro atoms. The molecule has 0 saturated heterocycles. The molecule has 0 aromatic heterocycles. The van der Waals surface area contributed by atoms with Gasteiger partial charge < -0.3 is 9.47 Å². The summed E-state index contributed by atoms with van der Waals surface area (Å²) < 4.78 is 10.8. The van der Waals surface area contributed by atoms with Crippen molar-refractivity contribution in [1.82, 2.24) is 10.9 Å². The minimum atomic E-state index is -0.476. The Morgan fingerprint density at radius 3 is 2.36 bits per heavy atom. The summed E-state index contributed by atoms with van der Waals surface area (Å²) in [5, 5.41) is 0.779. The third-order valence-electron chi connectivity index (χ3n) is 3.52. The van der Waals surface area contributed by atoms with E-state index in [1.165, 1.54) is 0 Å². The second kappa shape index (κ2) is 7.63. The normalized spacial score (nSPS) is 12.4. The Hall–Kier alpha value is -2.44. The third-order valence-corrected chi connectivity index (χ3v) is 4.23. The molecule has 1 aliphatic heterocycles. The van der Waals surface area contributed by atoms with Crippen LogP contribution in [-0.2, 0) is 11.2 Å². The smallest absolute Gasteiger partial charge is 0.269 e. The molecule has 0 aliphatic carbocycles. The fourth-order valence-corrected chi connectivity index (χ4v) is 2.82. The number of ether oxygens (including phenoxy) is 2. The lowest BCUT2D eigenvalue weighted by Gasteiger charge is -2.18. The van der Waals surface area contributed by atoms with Crippen molar-refractivity contribution in [1.29, 1.82) is 0 Å². The molecule has 2 N–H and O–H groups in total. The standard InChI is InChI=1S/C17H14Cl2N2O4/c18-12-2-1-3-13(19)11(12)9-16(22)20-21-17(23)10-4-5-14-15(8-10)25-7-6-24-14/h1-5,8H,6-7,9H2,(H,20,22)(H,21,23). The van der Waals surface area contributed by atoms with Crippen molar-refractivity contribution in [3.8, 4) is 11.5 Å². The first-order valence-electron chi connectivity index (χ1n) is 7.46. The van der Waals surface area contributed by atoms with Crippen LogP contribution in [0.25, 0.3) is 0 Å². The molecule has 1 heterocycles. The van der Waals surface area contributed by atoms with Gasteiger partial charge in [0.25, 0.3) is 5.91 Å². The zero-order valence-electron chi connectivity index (χ0n) is 13.0. The van der Waals surface area contributed by atoms with Crippen molar-refractivity contribution in [2.75, 3.05) is 13.2 Å². The molecule has 1 aliphatic rings. The van der Waals surface area contributed by atoms with Crippen molar-refractivity contribution in [3.05, 3.63) is 57.6 Å². The number of hydrogen-bond donors (Lipinski definition) is 2. The molecular formula is C17H14Cl2N2O4. The van der Waals surface area contributed by atoms with Gasteiger partial charge in [-0.1, -0.05) is 29.3 Å². The van der Waals surface area contributed by atoms with E-state index in [1.807, 2.05) is 0 Å². The number of hydrazine groups is 1. The van der Waals surface area contributed by atoms with E-state index in [-0.39, 0.29) is 6.42 Å². The van der Waals surface area contributed by atoms with Crippen LogP contribution in [0, 0.1) is 0 Å². The number of benzene rings is 2. The summed E-state index contributed by atoms with van der Waals surface area (Å²) in [6.07, 6.45) is -0.0556. The summed E-state index contributed by atoms with van der Waals surface area (Å²) in [7, 11) is 0. The van der Waals surface area contributed by atoms with E-state index in [0.29, 0.717) is 45.9 Å². The van der Waals surface area contributed by atoms with Crippen LogP contribution in [0.15, 0.2) is 36.4 Å². The zero-order valence-corrected chi connectivity index (χ0v) is 14.5. The minimum absolute atomic E-state index is 0.0556. The number of carbonyl (C=O) groups is 2. The van der Waals surface area contributed by atoms with Crippen molar-refractivity contribution in [2.45, 2.75) is 6.42 Å². The first kappa shape index (κ1) is 17.4. The number of halogens is 2. The van der Waals surface area contributed by atoms with E-state index in [4.69, 9.17) is 32.7 Å². The summed E-state index contributed by atoms with van der Waals surface area (Å²) in [6, 6.07) is 9.76. The molecule has 8 heteroatoms. The maximum Gasteiger partial charge on any atom is 0.269 e. The molecule has 130 valence electrons. The van der Waals surface area contributed by atoms with Crippen molar-refractivity contribution in [2.24, 2.45) is 0 Å². The lowest BCUT2D eigenvalue weighted by atomic mass is 10.1. The fourth-order valence-electron chi connectivity index (χ4n) is 2.29. The quantitative estimate of drug-likeness (QED) is 0.802. The maximum absolute atomic E-state index is 12.1. The highest BCUT2D eigenvalue weighted by Gasteiger charge is 2.16. The second-order valence-corrected chi connectivity index (χ2v) is 6.05. The van der Waals surface area contributed by atoms with Gasteiger partial charge in [0.1, 0.15) is 13.2 Å². The summed E-state index contributed by atoms with van der Waals surface area (Å²) in [5.74, 6) is 0.157. The van der Waals surface area contributed by atoms with Crippen LogP contribution in [0.4, 0.5) is 0 Å². The van der Waals surface area contributed by atoms with E-state index >= 15 is 0 Å². The van der Waals surface area contributed by atoms with Crippen LogP contribution >= 0.6 is 23.2 Å². The van der Waals surface area contributed by atoms with Gasteiger partial charge in [0.05, 0.1) is 6.42 Å². The predicted octanol–water partition coefficient (Wildman–Crippen LogP) is 2.77. The highest BCUT2D eigenvalue weighted by molar-refractivity contribution is 6.36. The van der Waals surface area contributed by atoms with Gasteiger partial charge in [-0.25, -0.2) is 0 Å². The van der Waals surface area contributed by atoms with Crippen LogP contribution in [0.3, 0.4) is 0 Å². The molecule has 0 radical (unpaired) electrons. The fraction of sp³-hybridized carbons (Fsp3) is 0.176. The third kappa shape index (κ3) is 4.15. The molecule has 0 fully saturated rings. The summed E-state index contributed by atoms with van der Waals surface area (Å²) in [4.78, 5) is 24.1. The second-order valence-electron chi connectivity index (χ2n) is 5.24. The monoisotopic (exact) mass is 380 g/mol. The van der Waals surface area contributed by atoms with Gasteiger partial charge in [-0.2, -0.15) is 0 Å². The largest absolute Gasteiger partial charge is 0.486 e. The Kier molecular flexibility index (Phi) is 5.31. The number of carbonyl (C=O) groups excluding carboxylic acids is 2. The Morgan fingerprint density at radius 2 is 1.64 bits per heavy atom. The van der Waals surface area contributed by atoms with Gasteiger partial charge in [-0.15, -0.1) is 0 Å². The van der Waals surface area contributed by atoms with Crippen molar-refractivity contribution < 1.29 is 19.1 Å². The van der Waals surface area contributed by atoms with E-state index in [9.17, 15) is 9.59 Å². The molecule has 0 atom stereocenters. The van der Waals surface area contributed by atoms with Gasteiger partial charge in [0.15, 0.2) is 11.5 Å².